The SMILES string of the molecule is CNC(=O)CCNC(=O)Cn1nc(C)c(F)c1C(=O)NC. The highest BCUT2D eigenvalue weighted by atomic mass is 19.1. The number of nitrogens with zero attached hydrogens (tertiary/aromatic N) is 2. The summed E-state index contributed by atoms with van der Waals surface area (Å²) in [4.78, 5) is 34.3. The van der Waals surface area contributed by atoms with Gasteiger partial charge in [0.1, 0.15) is 6.54 Å². The van der Waals surface area contributed by atoms with Crippen molar-refractivity contribution in [2.24, 2.45) is 0 Å². The lowest BCUT2D eigenvalue weighted by molar-refractivity contribution is -0.122. The molecule has 0 atom stereocenters. The summed E-state index contributed by atoms with van der Waals surface area (Å²) in [6.45, 7) is 1.25. The monoisotopic (exact) mass is 299 g/mol. The van der Waals surface area contributed by atoms with Gasteiger partial charge in [-0.15, -0.1) is 0 Å². The van der Waals surface area contributed by atoms with Crippen LogP contribution in [0.1, 0.15) is 22.6 Å². The maximum atomic E-state index is 13.8. The number of hydrogen-bond donors (Lipinski definition) is 3. The number of halogens is 1. The predicted molar refractivity (Wildman–Crippen MR) is 72.0 cm³/mol. The second kappa shape index (κ2) is 7.36. The molecule has 0 fully saturated rings. The van der Waals surface area contributed by atoms with Crippen molar-refractivity contribution in [1.82, 2.24) is 25.7 Å². The Morgan fingerprint density at radius 2 is 1.86 bits per heavy atom. The zero-order chi connectivity index (χ0) is 16.0. The summed E-state index contributed by atoms with van der Waals surface area (Å²) < 4.78 is 14.8. The Bertz CT molecular complexity index is 555. The zero-order valence-corrected chi connectivity index (χ0v) is 12.1. The van der Waals surface area contributed by atoms with Crippen molar-refractivity contribution in [2.75, 3.05) is 20.6 Å². The fourth-order valence-electron chi connectivity index (χ4n) is 1.64. The van der Waals surface area contributed by atoms with Gasteiger partial charge >= 0.3 is 0 Å². The lowest BCUT2D eigenvalue weighted by Gasteiger charge is -2.07. The number of rotatable bonds is 6. The van der Waals surface area contributed by atoms with Gasteiger partial charge in [-0.05, 0) is 6.92 Å². The Morgan fingerprint density at radius 3 is 2.43 bits per heavy atom. The van der Waals surface area contributed by atoms with Gasteiger partial charge in [0.15, 0.2) is 11.5 Å². The van der Waals surface area contributed by atoms with Crippen LogP contribution in [-0.4, -0.2) is 48.1 Å². The Balaban J connectivity index is 2.70. The van der Waals surface area contributed by atoms with Gasteiger partial charge in [0, 0.05) is 27.1 Å². The van der Waals surface area contributed by atoms with E-state index in [9.17, 15) is 18.8 Å². The van der Waals surface area contributed by atoms with Crippen molar-refractivity contribution in [3.05, 3.63) is 17.2 Å². The summed E-state index contributed by atoms with van der Waals surface area (Å²) in [5.74, 6) is -2.09. The van der Waals surface area contributed by atoms with Crippen molar-refractivity contribution in [2.45, 2.75) is 19.9 Å². The third-order valence-corrected chi connectivity index (χ3v) is 2.74. The highest BCUT2D eigenvalue weighted by molar-refractivity contribution is 5.93. The van der Waals surface area contributed by atoms with Crippen molar-refractivity contribution in [1.29, 1.82) is 0 Å². The van der Waals surface area contributed by atoms with Crippen molar-refractivity contribution in [3.63, 3.8) is 0 Å². The van der Waals surface area contributed by atoms with E-state index < -0.39 is 17.6 Å². The van der Waals surface area contributed by atoms with Crippen LogP contribution in [0.15, 0.2) is 0 Å². The summed E-state index contributed by atoms with van der Waals surface area (Å²) in [5, 5.41) is 11.0. The molecule has 0 radical (unpaired) electrons. The van der Waals surface area contributed by atoms with Crippen LogP contribution in [0.5, 0.6) is 0 Å². The molecule has 1 aromatic heterocycles. The highest BCUT2D eigenvalue weighted by Crippen LogP contribution is 2.11. The van der Waals surface area contributed by atoms with Gasteiger partial charge in [0.2, 0.25) is 11.8 Å². The lowest BCUT2D eigenvalue weighted by atomic mass is 10.3. The number of nitrogens with one attached hydrogen (secondary N) is 3. The maximum absolute atomic E-state index is 13.8. The van der Waals surface area contributed by atoms with E-state index in [1.54, 1.807) is 0 Å². The van der Waals surface area contributed by atoms with Crippen molar-refractivity contribution in [3.8, 4) is 0 Å². The van der Waals surface area contributed by atoms with Crippen LogP contribution in [0, 0.1) is 12.7 Å². The normalized spacial score (nSPS) is 10.1. The fraction of sp³-hybridized carbons (Fsp3) is 0.500. The molecule has 0 unspecified atom stereocenters. The molecule has 8 nitrogen and oxygen atoms in total. The smallest absolute Gasteiger partial charge is 0.272 e. The van der Waals surface area contributed by atoms with E-state index in [4.69, 9.17) is 0 Å². The molecule has 1 aromatic rings. The van der Waals surface area contributed by atoms with Crippen LogP contribution >= 0.6 is 0 Å². The molecule has 0 aromatic carbocycles. The standard InChI is InChI=1S/C12H18FN5O3/c1-7-10(13)11(12(21)15-3)18(17-7)6-9(20)16-5-4-8(19)14-2/h4-6H2,1-3H3,(H,14,19)(H,15,21)(H,16,20). The number of aromatic nitrogens is 2. The molecule has 0 aliphatic heterocycles. The van der Waals surface area contributed by atoms with Crippen molar-refractivity contribution >= 4 is 17.7 Å². The minimum Gasteiger partial charge on any atom is -0.359 e. The third kappa shape index (κ3) is 4.26. The van der Waals surface area contributed by atoms with Gasteiger partial charge in [-0.2, -0.15) is 5.10 Å². The van der Waals surface area contributed by atoms with Crippen LogP contribution in [0.3, 0.4) is 0 Å². The van der Waals surface area contributed by atoms with Gasteiger partial charge in [0.25, 0.3) is 5.91 Å². The Kier molecular flexibility index (Phi) is 5.82. The van der Waals surface area contributed by atoms with Gasteiger partial charge in [-0.1, -0.05) is 0 Å². The van der Waals surface area contributed by atoms with E-state index in [1.165, 1.54) is 21.0 Å². The van der Waals surface area contributed by atoms with Gasteiger partial charge in [-0.3, -0.25) is 14.4 Å². The minimum absolute atomic E-state index is 0.0340. The minimum atomic E-state index is -0.757. The molecule has 1 rings (SSSR count). The van der Waals surface area contributed by atoms with Crippen molar-refractivity contribution < 1.29 is 18.8 Å². The summed E-state index contributed by atoms with van der Waals surface area (Å²) >= 11 is 0. The molecule has 1 heterocycles. The molecule has 3 amide bonds. The summed E-state index contributed by atoms with van der Waals surface area (Å²) in [7, 11) is 2.85. The number of carbonyl (C=O) groups excluding carboxylic acids is 3. The molecule has 0 saturated carbocycles. The first-order valence-electron chi connectivity index (χ1n) is 6.33. The number of amides is 3. The van der Waals surface area contributed by atoms with E-state index in [0.29, 0.717) is 0 Å². The molecule has 0 saturated heterocycles. The predicted octanol–water partition coefficient (Wildman–Crippen LogP) is -1.06. The molecule has 0 spiro atoms. The van der Waals surface area contributed by atoms with Crippen LogP contribution in [-0.2, 0) is 16.1 Å². The molecule has 116 valence electrons. The van der Waals surface area contributed by atoms with E-state index in [0.717, 1.165) is 4.68 Å². The van der Waals surface area contributed by atoms with Crippen LogP contribution in [0.25, 0.3) is 0 Å². The average Bonchev–Trinajstić information content (AvgIpc) is 2.72. The number of hydrogen-bond acceptors (Lipinski definition) is 4. The van der Waals surface area contributed by atoms with Gasteiger partial charge in [0.05, 0.1) is 5.69 Å². The van der Waals surface area contributed by atoms with E-state index in [1.807, 2.05) is 0 Å². The summed E-state index contributed by atoms with van der Waals surface area (Å²) in [6, 6.07) is 0. The molecule has 21 heavy (non-hydrogen) atoms. The van der Waals surface area contributed by atoms with Crippen LogP contribution in [0.2, 0.25) is 0 Å². The maximum Gasteiger partial charge on any atom is 0.272 e. The first-order valence-corrected chi connectivity index (χ1v) is 6.33. The Morgan fingerprint density at radius 1 is 1.19 bits per heavy atom. The molecule has 9 heteroatoms. The number of carbonyl (C=O) groups is 3. The Hall–Kier alpha value is -2.45. The molecular weight excluding hydrogens is 281 g/mol. The highest BCUT2D eigenvalue weighted by Gasteiger charge is 2.22. The zero-order valence-electron chi connectivity index (χ0n) is 12.1. The van der Waals surface area contributed by atoms with E-state index >= 15 is 0 Å². The second-order valence-corrected chi connectivity index (χ2v) is 4.26. The van der Waals surface area contributed by atoms with E-state index in [-0.39, 0.29) is 36.8 Å². The van der Waals surface area contributed by atoms with Crippen LogP contribution < -0.4 is 16.0 Å². The molecule has 0 aliphatic carbocycles. The van der Waals surface area contributed by atoms with Crippen LogP contribution in [0.4, 0.5) is 4.39 Å². The molecule has 0 aliphatic rings. The van der Waals surface area contributed by atoms with E-state index in [2.05, 4.69) is 21.0 Å². The lowest BCUT2D eigenvalue weighted by Crippen LogP contribution is -2.33. The molecule has 0 bridgehead atoms. The quantitative estimate of drug-likeness (QED) is 0.623. The molecule has 3 N–H and O–H groups in total. The fourth-order valence-corrected chi connectivity index (χ4v) is 1.64. The third-order valence-electron chi connectivity index (χ3n) is 2.74. The Labute approximate surface area is 121 Å². The van der Waals surface area contributed by atoms with Gasteiger partial charge < -0.3 is 16.0 Å². The summed E-state index contributed by atoms with van der Waals surface area (Å²) in [5.41, 5.74) is -0.261. The van der Waals surface area contributed by atoms with Gasteiger partial charge in [-0.25, -0.2) is 9.07 Å². The first-order chi connectivity index (χ1) is 9.90. The largest absolute Gasteiger partial charge is 0.359 e. The molecular formula is C12H18FN5O3. The summed E-state index contributed by atoms with van der Waals surface area (Å²) in [6.07, 6.45) is 0.136. The second-order valence-electron chi connectivity index (χ2n) is 4.26. The topological polar surface area (TPSA) is 105 Å². The number of aryl methyl sites for hydroxylation is 1. The average molecular weight is 299 g/mol. The first kappa shape index (κ1) is 16.6.